The summed E-state index contributed by atoms with van der Waals surface area (Å²) in [6.07, 6.45) is 1.34. The minimum absolute atomic E-state index is 0.112. The second-order valence-corrected chi connectivity index (χ2v) is 7.73. The normalized spacial score (nSPS) is 13.1. The molecular weight excluding hydrogens is 320 g/mol. The van der Waals surface area contributed by atoms with Gasteiger partial charge in [-0.1, -0.05) is 0 Å². The summed E-state index contributed by atoms with van der Waals surface area (Å²) >= 11 is 0. The minimum atomic E-state index is -4.44. The molecule has 116 valence electrons. The van der Waals surface area contributed by atoms with Crippen LogP contribution in [0.5, 0.6) is 0 Å². The lowest BCUT2D eigenvalue weighted by atomic mass is 10.7. The first-order valence-electron chi connectivity index (χ1n) is 5.64. The minimum Gasteiger partial charge on any atom is -0.499 e. The van der Waals surface area contributed by atoms with E-state index in [0.717, 1.165) is 0 Å². The fraction of sp³-hybridized carbons (Fsp3) is 0.455. The van der Waals surface area contributed by atoms with Crippen molar-refractivity contribution < 1.29 is 26.3 Å². The molecule has 0 bridgehead atoms. The smallest absolute Gasteiger partial charge is 0.206 e. The molecule has 21 heavy (non-hydrogen) atoms. The highest BCUT2D eigenvalue weighted by molar-refractivity contribution is 8.11. The Morgan fingerprint density at radius 2 is 1.24 bits per heavy atom. The van der Waals surface area contributed by atoms with Crippen LogP contribution in [0, 0.1) is 22.7 Å². The largest absolute Gasteiger partial charge is 0.499 e. The average molecular weight is 334 g/mol. The predicted molar refractivity (Wildman–Crippen MR) is 73.4 cm³/mol. The third kappa shape index (κ3) is 5.85. The van der Waals surface area contributed by atoms with Gasteiger partial charge in [0.1, 0.15) is 24.7 Å². The molecule has 0 heterocycles. The summed E-state index contributed by atoms with van der Waals surface area (Å²) in [7, 11) is -8.89. The molecule has 0 rings (SSSR count). The van der Waals surface area contributed by atoms with Gasteiger partial charge in [-0.3, -0.25) is 0 Å². The van der Waals surface area contributed by atoms with Gasteiger partial charge in [0.2, 0.25) is 19.7 Å². The summed E-state index contributed by atoms with van der Waals surface area (Å²) in [5, 5.41) is 16.1. The zero-order valence-corrected chi connectivity index (χ0v) is 13.1. The van der Waals surface area contributed by atoms with Gasteiger partial charge in [0.15, 0.2) is 14.9 Å². The maximum absolute atomic E-state index is 11.9. The predicted octanol–water partition coefficient (Wildman–Crippen LogP) is 0.576. The van der Waals surface area contributed by atoms with Crippen molar-refractivity contribution in [2.24, 2.45) is 0 Å². The molecule has 0 fully saturated rings. The first-order valence-corrected chi connectivity index (χ1v) is 8.94. The van der Waals surface area contributed by atoms with Gasteiger partial charge in [-0.15, -0.1) is 0 Å². The summed E-state index contributed by atoms with van der Waals surface area (Å²) in [5.41, 5.74) is 0. The van der Waals surface area contributed by atoms with E-state index in [1.54, 1.807) is 13.8 Å². The topological polar surface area (TPSA) is 134 Å². The van der Waals surface area contributed by atoms with Gasteiger partial charge in [-0.25, -0.2) is 16.8 Å². The summed E-state index contributed by atoms with van der Waals surface area (Å²) in [4.78, 5) is -1.66. The van der Waals surface area contributed by atoms with Crippen LogP contribution in [-0.2, 0) is 29.1 Å². The molecule has 0 aliphatic rings. The molecule has 0 aliphatic heterocycles. The van der Waals surface area contributed by atoms with Crippen LogP contribution in [0.1, 0.15) is 13.8 Å². The van der Waals surface area contributed by atoms with Crippen molar-refractivity contribution >= 4 is 19.7 Å². The second kappa shape index (κ2) is 8.29. The van der Waals surface area contributed by atoms with Crippen LogP contribution < -0.4 is 0 Å². The highest BCUT2D eigenvalue weighted by Crippen LogP contribution is 2.15. The van der Waals surface area contributed by atoms with Crippen LogP contribution in [0.2, 0.25) is 0 Å². The lowest BCUT2D eigenvalue weighted by molar-refractivity contribution is 0.268. The zero-order chi connectivity index (χ0) is 16.5. The summed E-state index contributed by atoms with van der Waals surface area (Å²) in [5.74, 6) is 0. The molecular formula is C11H14N2O6S2. The van der Waals surface area contributed by atoms with Crippen LogP contribution in [0.15, 0.2) is 22.3 Å². The van der Waals surface area contributed by atoms with E-state index in [2.05, 4.69) is 9.47 Å². The SMILES string of the molecule is CCO/C=C(\C#N)S(=O)(=O)CS(=O)(=O)/C(C#N)=C/OCC. The van der Waals surface area contributed by atoms with Gasteiger partial charge in [0, 0.05) is 0 Å². The van der Waals surface area contributed by atoms with E-state index < -0.39 is 34.6 Å². The number of hydrogen-bond acceptors (Lipinski definition) is 8. The van der Waals surface area contributed by atoms with Gasteiger partial charge in [0.05, 0.1) is 13.2 Å². The Hall–Kier alpha value is -2.04. The molecule has 0 N–H and O–H groups in total. The quantitative estimate of drug-likeness (QED) is 0.464. The Balaban J connectivity index is 5.54. The van der Waals surface area contributed by atoms with Crippen LogP contribution in [0.25, 0.3) is 0 Å². The Morgan fingerprint density at radius 3 is 1.48 bits per heavy atom. The second-order valence-electron chi connectivity index (χ2n) is 3.45. The molecule has 10 heteroatoms. The molecule has 0 aromatic rings. The van der Waals surface area contributed by atoms with Crippen molar-refractivity contribution in [3.63, 3.8) is 0 Å². The van der Waals surface area contributed by atoms with Crippen LogP contribution in [-0.4, -0.2) is 35.1 Å². The van der Waals surface area contributed by atoms with E-state index in [4.69, 9.17) is 10.5 Å². The van der Waals surface area contributed by atoms with Gasteiger partial charge in [-0.05, 0) is 13.8 Å². The molecule has 0 aromatic carbocycles. The van der Waals surface area contributed by atoms with Crippen molar-refractivity contribution in [2.75, 3.05) is 18.3 Å². The fourth-order valence-corrected chi connectivity index (χ4v) is 4.34. The van der Waals surface area contributed by atoms with Crippen LogP contribution in [0.3, 0.4) is 0 Å². The number of nitrogens with zero attached hydrogens (tertiary/aromatic N) is 2. The molecule has 0 radical (unpaired) electrons. The monoisotopic (exact) mass is 334 g/mol. The molecule has 0 amide bonds. The number of nitriles is 2. The van der Waals surface area contributed by atoms with Crippen molar-refractivity contribution in [2.45, 2.75) is 13.8 Å². The summed E-state index contributed by atoms with van der Waals surface area (Å²) in [6.45, 7) is 3.35. The maximum Gasteiger partial charge on any atom is 0.206 e. The number of ether oxygens (including phenoxy) is 2. The third-order valence-corrected chi connectivity index (χ3v) is 6.11. The Bertz CT molecular complexity index is 643. The lowest BCUT2D eigenvalue weighted by Crippen LogP contribution is -2.19. The first-order chi connectivity index (χ1) is 9.75. The van der Waals surface area contributed by atoms with Crippen molar-refractivity contribution in [3.05, 3.63) is 22.3 Å². The number of sulfone groups is 2. The fourth-order valence-electron chi connectivity index (χ4n) is 0.988. The van der Waals surface area contributed by atoms with E-state index in [9.17, 15) is 16.8 Å². The molecule has 0 saturated carbocycles. The molecule has 0 aliphatic carbocycles. The van der Waals surface area contributed by atoms with Crippen molar-refractivity contribution in [1.82, 2.24) is 0 Å². The maximum atomic E-state index is 11.9. The average Bonchev–Trinajstić information content (AvgIpc) is 2.38. The van der Waals surface area contributed by atoms with Crippen molar-refractivity contribution in [1.29, 1.82) is 10.5 Å². The summed E-state index contributed by atoms with van der Waals surface area (Å²) in [6, 6.07) is 2.70. The van der Waals surface area contributed by atoms with Crippen molar-refractivity contribution in [3.8, 4) is 12.1 Å². The van der Waals surface area contributed by atoms with E-state index in [0.29, 0.717) is 12.5 Å². The van der Waals surface area contributed by atoms with Gasteiger partial charge < -0.3 is 9.47 Å². The highest BCUT2D eigenvalue weighted by Gasteiger charge is 2.30. The van der Waals surface area contributed by atoms with E-state index >= 15 is 0 Å². The summed E-state index contributed by atoms with van der Waals surface area (Å²) < 4.78 is 56.8. The Kier molecular flexibility index (Phi) is 7.49. The first kappa shape index (κ1) is 19.0. The zero-order valence-electron chi connectivity index (χ0n) is 11.4. The Labute approximate surface area is 123 Å². The van der Waals surface area contributed by atoms with E-state index in [1.807, 2.05) is 0 Å². The molecule has 0 saturated heterocycles. The molecule has 0 spiro atoms. The number of hydrogen-bond donors (Lipinski definition) is 0. The van der Waals surface area contributed by atoms with Gasteiger partial charge in [-0.2, -0.15) is 10.5 Å². The van der Waals surface area contributed by atoms with Crippen LogP contribution in [0.4, 0.5) is 0 Å². The van der Waals surface area contributed by atoms with E-state index in [-0.39, 0.29) is 13.2 Å². The Morgan fingerprint density at radius 1 is 0.905 bits per heavy atom. The molecule has 0 unspecified atom stereocenters. The lowest BCUT2D eigenvalue weighted by Gasteiger charge is -2.04. The highest BCUT2D eigenvalue weighted by atomic mass is 32.3. The van der Waals surface area contributed by atoms with Gasteiger partial charge >= 0.3 is 0 Å². The van der Waals surface area contributed by atoms with E-state index in [1.165, 1.54) is 12.1 Å². The number of allylic oxidation sites excluding steroid dienone is 2. The number of rotatable bonds is 8. The molecule has 0 aromatic heterocycles. The third-order valence-electron chi connectivity index (χ3n) is 1.91. The van der Waals surface area contributed by atoms with Gasteiger partial charge in [0.25, 0.3) is 0 Å². The molecule has 0 atom stereocenters. The molecule has 8 nitrogen and oxygen atoms in total. The van der Waals surface area contributed by atoms with Crippen LogP contribution >= 0.6 is 0 Å². The standard InChI is InChI=1S/C11H14N2O6S2/c1-3-18-7-10(5-12)20(14,15)9-21(16,17)11(6-13)8-19-4-2/h7-8H,3-4,9H2,1-2H3/b10-7+,11-8+.